The molecule has 1 atom stereocenters. The topological polar surface area (TPSA) is 53.6 Å². The van der Waals surface area contributed by atoms with Crippen LogP contribution in [0.3, 0.4) is 0 Å². The molecule has 2 fully saturated rings. The molecular weight excluding hydrogens is 381 g/mol. The Morgan fingerprint density at radius 2 is 1.67 bits per heavy atom. The zero-order chi connectivity index (χ0) is 21.0. The lowest BCUT2D eigenvalue weighted by Crippen LogP contribution is -2.45. The standard InChI is InChI=1S/C24H30FN3O2/c1-18(28-14-16-30-17-15-28)19-4-10-22(11-5-19)26-23(29)27-24(12-2-3-13-24)20-6-8-21(25)9-7-20/h4-11,18H,2-3,12-17H2,1H3,(H2,26,27,29). The van der Waals surface area contributed by atoms with Gasteiger partial charge in [-0.05, 0) is 55.2 Å². The van der Waals surface area contributed by atoms with Crippen molar-refractivity contribution in [1.82, 2.24) is 10.2 Å². The summed E-state index contributed by atoms with van der Waals surface area (Å²) in [6, 6.07) is 14.6. The molecule has 1 saturated heterocycles. The molecule has 0 spiro atoms. The third-order valence-electron chi connectivity index (χ3n) is 6.45. The van der Waals surface area contributed by atoms with Crippen LogP contribution in [0, 0.1) is 5.82 Å². The molecule has 6 heteroatoms. The van der Waals surface area contributed by atoms with Gasteiger partial charge in [0.15, 0.2) is 0 Å². The summed E-state index contributed by atoms with van der Waals surface area (Å²) in [7, 11) is 0. The van der Waals surface area contributed by atoms with Crippen LogP contribution in [0.15, 0.2) is 48.5 Å². The molecule has 0 bridgehead atoms. The third-order valence-corrected chi connectivity index (χ3v) is 6.45. The molecule has 160 valence electrons. The molecule has 0 aromatic heterocycles. The number of nitrogens with one attached hydrogen (secondary N) is 2. The first-order chi connectivity index (χ1) is 14.6. The van der Waals surface area contributed by atoms with E-state index in [1.165, 1.54) is 17.7 Å². The number of nitrogens with zero attached hydrogens (tertiary/aromatic N) is 1. The maximum atomic E-state index is 13.3. The third kappa shape index (κ3) is 4.65. The van der Waals surface area contributed by atoms with Gasteiger partial charge in [-0.25, -0.2) is 9.18 Å². The highest BCUT2D eigenvalue weighted by Crippen LogP contribution is 2.38. The first kappa shape index (κ1) is 20.8. The number of hydrogen-bond donors (Lipinski definition) is 2. The molecule has 2 N–H and O–H groups in total. The van der Waals surface area contributed by atoms with Gasteiger partial charge in [-0.3, -0.25) is 4.90 Å². The van der Waals surface area contributed by atoms with Crippen molar-refractivity contribution in [3.8, 4) is 0 Å². The Balaban J connectivity index is 1.40. The minimum atomic E-state index is -0.428. The predicted molar refractivity (Wildman–Crippen MR) is 116 cm³/mol. The van der Waals surface area contributed by atoms with Gasteiger partial charge in [0.05, 0.1) is 18.8 Å². The van der Waals surface area contributed by atoms with E-state index in [1.807, 2.05) is 12.1 Å². The molecule has 1 saturated carbocycles. The average Bonchev–Trinajstić information content (AvgIpc) is 3.24. The number of rotatable bonds is 5. The Morgan fingerprint density at radius 1 is 1.03 bits per heavy atom. The molecule has 30 heavy (non-hydrogen) atoms. The number of carbonyl (C=O) groups is 1. The maximum Gasteiger partial charge on any atom is 0.319 e. The summed E-state index contributed by atoms with van der Waals surface area (Å²) >= 11 is 0. The molecule has 1 heterocycles. The molecule has 2 amide bonds. The molecule has 2 aromatic rings. The summed E-state index contributed by atoms with van der Waals surface area (Å²) in [5.74, 6) is -0.261. The second-order valence-corrected chi connectivity index (χ2v) is 8.32. The number of hydrogen-bond acceptors (Lipinski definition) is 3. The number of ether oxygens (including phenoxy) is 1. The van der Waals surface area contributed by atoms with Crippen molar-refractivity contribution < 1.29 is 13.9 Å². The lowest BCUT2D eigenvalue weighted by molar-refractivity contribution is 0.0198. The van der Waals surface area contributed by atoms with Gasteiger partial charge in [-0.2, -0.15) is 0 Å². The number of anilines is 1. The largest absolute Gasteiger partial charge is 0.379 e. The van der Waals surface area contributed by atoms with Gasteiger partial charge < -0.3 is 15.4 Å². The minimum absolute atomic E-state index is 0.227. The van der Waals surface area contributed by atoms with Crippen LogP contribution in [0.4, 0.5) is 14.9 Å². The Bertz CT molecular complexity index is 842. The molecule has 1 unspecified atom stereocenters. The highest BCUT2D eigenvalue weighted by atomic mass is 19.1. The predicted octanol–water partition coefficient (Wildman–Crippen LogP) is 4.81. The van der Waals surface area contributed by atoms with Crippen LogP contribution >= 0.6 is 0 Å². The summed E-state index contributed by atoms with van der Waals surface area (Å²) in [4.78, 5) is 15.2. The summed E-state index contributed by atoms with van der Waals surface area (Å²) in [5.41, 5.74) is 2.52. The van der Waals surface area contributed by atoms with Gasteiger partial charge in [0, 0.05) is 24.8 Å². The highest BCUT2D eigenvalue weighted by Gasteiger charge is 2.37. The lowest BCUT2D eigenvalue weighted by Gasteiger charge is -2.32. The van der Waals surface area contributed by atoms with Crippen LogP contribution in [0.2, 0.25) is 0 Å². The van der Waals surface area contributed by atoms with E-state index in [0.29, 0.717) is 6.04 Å². The van der Waals surface area contributed by atoms with Crippen molar-refractivity contribution in [3.63, 3.8) is 0 Å². The van der Waals surface area contributed by atoms with Gasteiger partial charge in [-0.15, -0.1) is 0 Å². The minimum Gasteiger partial charge on any atom is -0.379 e. The first-order valence-electron chi connectivity index (χ1n) is 10.8. The van der Waals surface area contributed by atoms with E-state index >= 15 is 0 Å². The fourth-order valence-corrected chi connectivity index (χ4v) is 4.63. The van der Waals surface area contributed by atoms with Crippen LogP contribution in [-0.4, -0.2) is 37.2 Å². The Morgan fingerprint density at radius 3 is 2.30 bits per heavy atom. The zero-order valence-electron chi connectivity index (χ0n) is 17.5. The van der Waals surface area contributed by atoms with Gasteiger partial charge >= 0.3 is 6.03 Å². The summed E-state index contributed by atoms with van der Waals surface area (Å²) < 4.78 is 18.8. The van der Waals surface area contributed by atoms with E-state index in [4.69, 9.17) is 4.74 Å². The monoisotopic (exact) mass is 411 g/mol. The van der Waals surface area contributed by atoms with Crippen molar-refractivity contribution in [2.45, 2.75) is 44.2 Å². The van der Waals surface area contributed by atoms with Gasteiger partial charge in [-0.1, -0.05) is 37.1 Å². The van der Waals surface area contributed by atoms with Gasteiger partial charge in [0.25, 0.3) is 0 Å². The molecule has 1 aliphatic heterocycles. The smallest absolute Gasteiger partial charge is 0.319 e. The zero-order valence-corrected chi connectivity index (χ0v) is 17.5. The van der Waals surface area contributed by atoms with Gasteiger partial charge in [0.1, 0.15) is 5.82 Å². The van der Waals surface area contributed by atoms with Crippen LogP contribution in [0.1, 0.15) is 49.8 Å². The molecule has 2 aromatic carbocycles. The lowest BCUT2D eigenvalue weighted by atomic mass is 9.88. The number of carbonyl (C=O) groups excluding carboxylic acids is 1. The second kappa shape index (κ2) is 9.14. The van der Waals surface area contributed by atoms with E-state index in [1.54, 1.807) is 12.1 Å². The quantitative estimate of drug-likeness (QED) is 0.742. The normalized spacial score (nSPS) is 19.9. The van der Waals surface area contributed by atoms with Gasteiger partial charge in [0.2, 0.25) is 0 Å². The Kier molecular flexibility index (Phi) is 6.35. The van der Waals surface area contributed by atoms with E-state index in [0.717, 1.165) is 63.2 Å². The molecular formula is C24H30FN3O2. The number of urea groups is 1. The molecule has 0 radical (unpaired) electrons. The summed E-state index contributed by atoms with van der Waals surface area (Å²) in [5, 5.41) is 6.13. The fourth-order valence-electron chi connectivity index (χ4n) is 4.63. The van der Waals surface area contributed by atoms with Crippen LogP contribution in [0.5, 0.6) is 0 Å². The van der Waals surface area contributed by atoms with Crippen LogP contribution in [-0.2, 0) is 10.3 Å². The van der Waals surface area contributed by atoms with E-state index in [9.17, 15) is 9.18 Å². The maximum absolute atomic E-state index is 13.3. The van der Waals surface area contributed by atoms with E-state index in [-0.39, 0.29) is 11.8 Å². The van der Waals surface area contributed by atoms with Crippen LogP contribution < -0.4 is 10.6 Å². The molecule has 2 aliphatic rings. The SMILES string of the molecule is CC(c1ccc(NC(=O)NC2(c3ccc(F)cc3)CCCC2)cc1)N1CCOCC1. The molecule has 5 nitrogen and oxygen atoms in total. The first-order valence-corrected chi connectivity index (χ1v) is 10.8. The Hall–Kier alpha value is -2.44. The number of benzene rings is 2. The summed E-state index contributed by atoms with van der Waals surface area (Å²) in [6.07, 6.45) is 3.82. The van der Waals surface area contributed by atoms with Crippen molar-refractivity contribution in [3.05, 3.63) is 65.5 Å². The van der Waals surface area contributed by atoms with E-state index in [2.05, 4.69) is 34.6 Å². The van der Waals surface area contributed by atoms with Crippen molar-refractivity contribution in [2.24, 2.45) is 0 Å². The fraction of sp³-hybridized carbons (Fsp3) is 0.458. The highest BCUT2D eigenvalue weighted by molar-refractivity contribution is 5.90. The molecule has 1 aliphatic carbocycles. The van der Waals surface area contributed by atoms with Crippen molar-refractivity contribution in [1.29, 1.82) is 0 Å². The van der Waals surface area contributed by atoms with Crippen molar-refractivity contribution in [2.75, 3.05) is 31.6 Å². The number of halogens is 1. The number of morpholine rings is 1. The van der Waals surface area contributed by atoms with Crippen molar-refractivity contribution >= 4 is 11.7 Å². The summed E-state index contributed by atoms with van der Waals surface area (Å²) in [6.45, 7) is 5.64. The molecule has 4 rings (SSSR count). The van der Waals surface area contributed by atoms with Crippen LogP contribution in [0.25, 0.3) is 0 Å². The number of amides is 2. The van der Waals surface area contributed by atoms with E-state index < -0.39 is 5.54 Å². The second-order valence-electron chi connectivity index (χ2n) is 8.32. The Labute approximate surface area is 177 Å². The average molecular weight is 412 g/mol.